The number of rotatable bonds is 8. The molecule has 1 N–H and O–H groups in total. The highest BCUT2D eigenvalue weighted by Crippen LogP contribution is 2.33. The van der Waals surface area contributed by atoms with E-state index in [9.17, 15) is 9.59 Å². The summed E-state index contributed by atoms with van der Waals surface area (Å²) < 4.78 is 12.2. The second-order valence-corrected chi connectivity index (χ2v) is 10.6. The quantitative estimate of drug-likeness (QED) is 0.172. The molecular weight excluding hydrogens is 556 g/mol. The molecule has 2 heterocycles. The van der Waals surface area contributed by atoms with E-state index in [4.69, 9.17) is 21.1 Å². The van der Waals surface area contributed by atoms with Crippen LogP contribution in [0, 0.1) is 6.92 Å². The lowest BCUT2D eigenvalue weighted by atomic mass is 10.1. The number of thioether (sulfide) groups is 1. The van der Waals surface area contributed by atoms with Crippen LogP contribution < -0.4 is 20.3 Å². The zero-order valence-corrected chi connectivity index (χ0v) is 23.6. The lowest BCUT2D eigenvalue weighted by Gasteiger charge is -2.14. The molecule has 1 amide bonds. The van der Waals surface area contributed by atoms with Gasteiger partial charge in [-0.15, -0.1) is 11.3 Å². The van der Waals surface area contributed by atoms with Crippen LogP contribution >= 0.6 is 34.7 Å². The zero-order valence-electron chi connectivity index (χ0n) is 21.2. The maximum absolute atomic E-state index is 13.4. The number of carbonyl (C=O) groups is 1. The van der Waals surface area contributed by atoms with Crippen LogP contribution in [0.3, 0.4) is 0 Å². The van der Waals surface area contributed by atoms with Crippen LogP contribution in [0.1, 0.15) is 5.56 Å². The number of hydrogen-bond acceptors (Lipinski definition) is 8. The van der Waals surface area contributed by atoms with Crippen molar-refractivity contribution >= 4 is 56.6 Å². The first-order valence-corrected chi connectivity index (χ1v) is 14.0. The average Bonchev–Trinajstić information content (AvgIpc) is 3.41. The van der Waals surface area contributed by atoms with Crippen molar-refractivity contribution in [3.05, 3.63) is 87.0 Å². The summed E-state index contributed by atoms with van der Waals surface area (Å²) in [5.41, 5.74) is 3.33. The summed E-state index contributed by atoms with van der Waals surface area (Å²) in [4.78, 5) is 35.5. The molecule has 0 aliphatic heterocycles. The number of thiazole rings is 1. The largest absolute Gasteiger partial charge is 0.493 e. The van der Waals surface area contributed by atoms with Gasteiger partial charge in [0.15, 0.2) is 21.8 Å². The Labute approximate surface area is 237 Å². The predicted molar refractivity (Wildman–Crippen MR) is 157 cm³/mol. The first-order valence-electron chi connectivity index (χ1n) is 11.8. The van der Waals surface area contributed by atoms with Crippen LogP contribution in [0.25, 0.3) is 27.8 Å². The summed E-state index contributed by atoms with van der Waals surface area (Å²) in [5.74, 6) is 0.962. The number of aryl methyl sites for hydroxylation is 1. The number of hydrogen-bond donors (Lipinski definition) is 1. The fourth-order valence-corrected chi connectivity index (χ4v) is 5.63. The molecule has 11 heteroatoms. The van der Waals surface area contributed by atoms with E-state index in [0.29, 0.717) is 49.1 Å². The molecule has 0 aliphatic carbocycles. The van der Waals surface area contributed by atoms with Crippen LogP contribution in [-0.2, 0) is 4.79 Å². The Hall–Kier alpha value is -3.86. The van der Waals surface area contributed by atoms with Gasteiger partial charge in [-0.1, -0.05) is 41.6 Å². The number of halogens is 1. The second kappa shape index (κ2) is 11.5. The third-order valence-electron chi connectivity index (χ3n) is 5.92. The first-order chi connectivity index (χ1) is 18.9. The average molecular weight is 579 g/mol. The van der Waals surface area contributed by atoms with E-state index in [1.54, 1.807) is 44.6 Å². The molecule has 0 bridgehead atoms. The van der Waals surface area contributed by atoms with Crippen LogP contribution in [0.5, 0.6) is 11.5 Å². The van der Waals surface area contributed by atoms with Crippen LogP contribution in [0.4, 0.5) is 5.13 Å². The smallest absolute Gasteiger partial charge is 0.266 e. The number of carbonyl (C=O) groups excluding carboxylic acids is 1. The molecule has 198 valence electrons. The normalized spacial score (nSPS) is 11.0. The number of nitrogens with one attached hydrogen (secondary N) is 1. The summed E-state index contributed by atoms with van der Waals surface area (Å²) in [5, 5.41) is 6.55. The lowest BCUT2D eigenvalue weighted by Crippen LogP contribution is -2.23. The lowest BCUT2D eigenvalue weighted by molar-refractivity contribution is -0.113. The Kier molecular flexibility index (Phi) is 7.87. The number of ether oxygens (including phenoxy) is 2. The molecule has 5 aromatic rings. The van der Waals surface area contributed by atoms with E-state index in [0.717, 1.165) is 22.9 Å². The molecule has 0 atom stereocenters. The number of amides is 1. The number of aromatic nitrogens is 3. The van der Waals surface area contributed by atoms with Crippen LogP contribution in [-0.4, -0.2) is 40.4 Å². The van der Waals surface area contributed by atoms with E-state index >= 15 is 0 Å². The summed E-state index contributed by atoms with van der Waals surface area (Å²) in [7, 11) is 3.15. The Morgan fingerprint density at radius 2 is 1.85 bits per heavy atom. The van der Waals surface area contributed by atoms with Gasteiger partial charge in [0.05, 0.1) is 42.3 Å². The number of fused-ring (bicyclic) bond motifs is 1. The van der Waals surface area contributed by atoms with Gasteiger partial charge in [-0.05, 0) is 55.0 Å². The van der Waals surface area contributed by atoms with Crippen molar-refractivity contribution in [3.63, 3.8) is 0 Å². The molecule has 0 unspecified atom stereocenters. The summed E-state index contributed by atoms with van der Waals surface area (Å²) in [6, 6.07) is 18.0. The van der Waals surface area contributed by atoms with Gasteiger partial charge in [0.2, 0.25) is 5.91 Å². The van der Waals surface area contributed by atoms with Crippen molar-refractivity contribution in [1.82, 2.24) is 14.5 Å². The van der Waals surface area contributed by atoms with E-state index in [-0.39, 0.29) is 17.2 Å². The van der Waals surface area contributed by atoms with Crippen molar-refractivity contribution in [2.75, 3.05) is 25.3 Å². The Balaban J connectivity index is 1.37. The zero-order chi connectivity index (χ0) is 27.5. The SMILES string of the molecule is COc1ccc(-c2csc(NC(=O)CSc3nc4ccccc4c(=O)n3-c3ccc(C)c(Cl)c3)n2)cc1OC. The highest BCUT2D eigenvalue weighted by atomic mass is 35.5. The van der Waals surface area contributed by atoms with Gasteiger partial charge in [0.1, 0.15) is 0 Å². The van der Waals surface area contributed by atoms with Crippen molar-refractivity contribution in [2.24, 2.45) is 0 Å². The van der Waals surface area contributed by atoms with E-state index < -0.39 is 0 Å². The molecule has 0 saturated carbocycles. The maximum atomic E-state index is 13.4. The highest BCUT2D eigenvalue weighted by molar-refractivity contribution is 7.99. The molecule has 39 heavy (non-hydrogen) atoms. The first kappa shape index (κ1) is 26.7. The molecule has 3 aromatic carbocycles. The van der Waals surface area contributed by atoms with Gasteiger partial charge < -0.3 is 14.8 Å². The fourth-order valence-electron chi connectivity index (χ4n) is 3.90. The van der Waals surface area contributed by atoms with Gasteiger partial charge in [0, 0.05) is 16.0 Å². The fraction of sp³-hybridized carbons (Fsp3) is 0.143. The van der Waals surface area contributed by atoms with E-state index in [1.807, 2.05) is 42.6 Å². The molecule has 5 rings (SSSR count). The molecule has 0 spiro atoms. The maximum Gasteiger partial charge on any atom is 0.266 e. The Morgan fingerprint density at radius 1 is 1.05 bits per heavy atom. The van der Waals surface area contributed by atoms with Crippen molar-refractivity contribution in [3.8, 4) is 28.4 Å². The van der Waals surface area contributed by atoms with Gasteiger partial charge in [-0.25, -0.2) is 9.97 Å². The van der Waals surface area contributed by atoms with Gasteiger partial charge in [-0.3, -0.25) is 14.2 Å². The van der Waals surface area contributed by atoms with Crippen LogP contribution in [0.2, 0.25) is 5.02 Å². The van der Waals surface area contributed by atoms with Gasteiger partial charge >= 0.3 is 0 Å². The molecule has 0 radical (unpaired) electrons. The van der Waals surface area contributed by atoms with E-state index in [2.05, 4.69) is 15.3 Å². The third-order valence-corrected chi connectivity index (χ3v) is 8.02. The topological polar surface area (TPSA) is 95.3 Å². The van der Waals surface area contributed by atoms with Gasteiger partial charge in [-0.2, -0.15) is 0 Å². The highest BCUT2D eigenvalue weighted by Gasteiger charge is 2.17. The standard InChI is InChI=1S/C28H23ClN4O4S2/c1-16-8-10-18(13-20(16)29)33-26(35)19-6-4-5-7-21(19)31-28(33)39-15-25(34)32-27-30-22(14-38-27)17-9-11-23(36-2)24(12-17)37-3/h4-14H,15H2,1-3H3,(H,30,32,34). The number of anilines is 1. The molecule has 0 saturated heterocycles. The number of methoxy groups -OCH3 is 2. The van der Waals surface area contributed by atoms with Gasteiger partial charge in [0.25, 0.3) is 5.56 Å². The molecule has 2 aromatic heterocycles. The molecular formula is C28H23ClN4O4S2. The molecule has 8 nitrogen and oxygen atoms in total. The summed E-state index contributed by atoms with van der Waals surface area (Å²) >= 11 is 8.84. The number of para-hydroxylation sites is 1. The monoisotopic (exact) mass is 578 g/mol. The minimum absolute atomic E-state index is 0.0235. The number of nitrogens with zero attached hydrogens (tertiary/aromatic N) is 3. The third kappa shape index (κ3) is 5.63. The summed E-state index contributed by atoms with van der Waals surface area (Å²) in [6.45, 7) is 1.89. The molecule has 0 fully saturated rings. The minimum Gasteiger partial charge on any atom is -0.493 e. The Bertz CT molecular complexity index is 1750. The van der Waals surface area contributed by atoms with Crippen LogP contribution in [0.15, 0.2) is 76.0 Å². The number of benzene rings is 3. The second-order valence-electron chi connectivity index (χ2n) is 8.43. The van der Waals surface area contributed by atoms with E-state index in [1.165, 1.54) is 15.9 Å². The summed E-state index contributed by atoms with van der Waals surface area (Å²) in [6.07, 6.45) is 0. The molecule has 0 aliphatic rings. The van der Waals surface area contributed by atoms with Crippen molar-refractivity contribution < 1.29 is 14.3 Å². The minimum atomic E-state index is -0.274. The van der Waals surface area contributed by atoms with Crippen molar-refractivity contribution in [1.29, 1.82) is 0 Å². The Morgan fingerprint density at radius 3 is 2.62 bits per heavy atom. The van der Waals surface area contributed by atoms with Crippen molar-refractivity contribution in [2.45, 2.75) is 12.1 Å². The predicted octanol–water partition coefficient (Wildman–Crippen LogP) is 6.22.